The van der Waals surface area contributed by atoms with Crippen LogP contribution in [0.2, 0.25) is 0 Å². The van der Waals surface area contributed by atoms with Crippen LogP contribution >= 0.6 is 0 Å². The molecule has 0 radical (unpaired) electrons. The van der Waals surface area contributed by atoms with Crippen LogP contribution < -0.4 is 4.90 Å². The van der Waals surface area contributed by atoms with Crippen molar-refractivity contribution in [2.45, 2.75) is 19.3 Å². The third-order valence-electron chi connectivity index (χ3n) is 9.49. The van der Waals surface area contributed by atoms with Crippen molar-refractivity contribution in [3.8, 4) is 0 Å². The van der Waals surface area contributed by atoms with E-state index in [0.717, 1.165) is 19.3 Å². The lowest BCUT2D eigenvalue weighted by atomic mass is 9.78. The zero-order valence-electron chi connectivity index (χ0n) is 25.7. The second-order valence-electron chi connectivity index (χ2n) is 12.7. The number of hydrogen-bond acceptors (Lipinski definition) is 1. The monoisotopic (exact) mass is 587 g/mol. The van der Waals surface area contributed by atoms with E-state index in [9.17, 15) is 0 Å². The van der Waals surface area contributed by atoms with Crippen LogP contribution in [0.4, 0.5) is 17.1 Å². The SMILES string of the molecule is C(=Cc1cc2c3c(c1)Cc1cc(C=Cc4ccccc4)cc4c1N3c1c(cc(C=Cc3ccccc3)cc1C4)C2)c1ccccc1. The Labute approximate surface area is 271 Å². The van der Waals surface area contributed by atoms with Crippen LogP contribution in [0.5, 0.6) is 0 Å². The van der Waals surface area contributed by atoms with Gasteiger partial charge in [-0.25, -0.2) is 0 Å². The highest BCUT2D eigenvalue weighted by Gasteiger charge is 2.37. The molecule has 0 saturated heterocycles. The Kier molecular flexibility index (Phi) is 6.42. The highest BCUT2D eigenvalue weighted by molar-refractivity contribution is 5.96. The normalized spacial score (nSPS) is 14.0. The topological polar surface area (TPSA) is 3.24 Å². The Morgan fingerprint density at radius 1 is 0.304 bits per heavy atom. The molecule has 3 aliphatic heterocycles. The van der Waals surface area contributed by atoms with Crippen molar-refractivity contribution in [2.75, 3.05) is 4.90 Å². The highest BCUT2D eigenvalue weighted by Crippen LogP contribution is 2.56. The summed E-state index contributed by atoms with van der Waals surface area (Å²) < 4.78 is 0. The fourth-order valence-electron chi connectivity index (χ4n) is 7.54. The van der Waals surface area contributed by atoms with E-state index >= 15 is 0 Å². The average molecular weight is 588 g/mol. The Hall–Kier alpha value is -5.66. The zero-order chi connectivity index (χ0) is 30.5. The number of anilines is 3. The first kappa shape index (κ1) is 26.7. The van der Waals surface area contributed by atoms with Crippen molar-refractivity contribution >= 4 is 53.5 Å². The van der Waals surface area contributed by atoms with Crippen molar-refractivity contribution in [1.82, 2.24) is 0 Å². The summed E-state index contributed by atoms with van der Waals surface area (Å²) in [7, 11) is 0. The molecule has 218 valence electrons. The van der Waals surface area contributed by atoms with Gasteiger partial charge in [0, 0.05) is 19.3 Å². The van der Waals surface area contributed by atoms with Crippen molar-refractivity contribution in [2.24, 2.45) is 0 Å². The number of hydrogen-bond donors (Lipinski definition) is 0. The van der Waals surface area contributed by atoms with Crippen LogP contribution in [0, 0.1) is 0 Å². The first-order valence-corrected chi connectivity index (χ1v) is 16.2. The molecular formula is C45H33N. The number of rotatable bonds is 6. The van der Waals surface area contributed by atoms with Gasteiger partial charge in [0.25, 0.3) is 0 Å². The van der Waals surface area contributed by atoms with Crippen LogP contribution in [0.3, 0.4) is 0 Å². The van der Waals surface area contributed by atoms with Crippen LogP contribution in [0.15, 0.2) is 127 Å². The van der Waals surface area contributed by atoms with Crippen molar-refractivity contribution < 1.29 is 0 Å². The maximum atomic E-state index is 2.62. The number of benzene rings is 6. The summed E-state index contributed by atoms with van der Waals surface area (Å²) in [4.78, 5) is 2.62. The minimum absolute atomic E-state index is 0.948. The predicted octanol–water partition coefficient (Wildman–Crippen LogP) is 11.4. The quantitative estimate of drug-likeness (QED) is 0.175. The summed E-state index contributed by atoms with van der Waals surface area (Å²) in [5.74, 6) is 0. The largest absolute Gasteiger partial charge is 0.309 e. The van der Waals surface area contributed by atoms with Crippen LogP contribution in [-0.4, -0.2) is 0 Å². The highest BCUT2D eigenvalue weighted by atomic mass is 15.2. The summed E-state index contributed by atoms with van der Waals surface area (Å²) >= 11 is 0. The first-order chi connectivity index (χ1) is 22.7. The molecule has 0 saturated carbocycles. The minimum Gasteiger partial charge on any atom is -0.309 e. The van der Waals surface area contributed by atoms with Gasteiger partial charge in [-0.2, -0.15) is 0 Å². The molecule has 0 aromatic heterocycles. The summed E-state index contributed by atoms with van der Waals surface area (Å²) in [5, 5.41) is 0. The molecule has 9 rings (SSSR count). The van der Waals surface area contributed by atoms with Crippen LogP contribution in [0.1, 0.15) is 66.8 Å². The molecule has 3 aliphatic rings. The molecule has 0 bridgehead atoms. The summed E-state index contributed by atoms with van der Waals surface area (Å²) in [6.07, 6.45) is 16.4. The molecule has 0 fully saturated rings. The van der Waals surface area contributed by atoms with Gasteiger partial charge in [0.15, 0.2) is 0 Å². The van der Waals surface area contributed by atoms with Crippen molar-refractivity contribution in [3.05, 3.63) is 194 Å². The summed E-state index contributed by atoms with van der Waals surface area (Å²) in [6.45, 7) is 0. The van der Waals surface area contributed by atoms with Gasteiger partial charge >= 0.3 is 0 Å². The van der Waals surface area contributed by atoms with E-state index in [0.29, 0.717) is 0 Å². The maximum Gasteiger partial charge on any atom is 0.0533 e. The Bertz CT molecular complexity index is 1880. The third-order valence-corrected chi connectivity index (χ3v) is 9.49. The molecule has 0 unspecified atom stereocenters. The summed E-state index contributed by atoms with van der Waals surface area (Å²) in [5.41, 5.74) is 20.2. The van der Waals surface area contributed by atoms with E-state index in [1.165, 1.54) is 83.8 Å². The molecule has 6 aromatic rings. The molecule has 0 aliphatic carbocycles. The van der Waals surface area contributed by atoms with E-state index in [4.69, 9.17) is 0 Å². The van der Waals surface area contributed by atoms with E-state index in [-0.39, 0.29) is 0 Å². The van der Waals surface area contributed by atoms with Gasteiger partial charge in [-0.1, -0.05) is 127 Å². The van der Waals surface area contributed by atoms with Gasteiger partial charge in [-0.15, -0.1) is 0 Å². The second kappa shape index (κ2) is 11.1. The van der Waals surface area contributed by atoms with Crippen molar-refractivity contribution in [1.29, 1.82) is 0 Å². The maximum absolute atomic E-state index is 2.62. The molecule has 6 aromatic carbocycles. The molecule has 1 nitrogen and oxygen atoms in total. The first-order valence-electron chi connectivity index (χ1n) is 16.2. The van der Waals surface area contributed by atoms with Gasteiger partial charge in [0.1, 0.15) is 0 Å². The predicted molar refractivity (Wildman–Crippen MR) is 196 cm³/mol. The molecule has 0 amide bonds. The Balaban J connectivity index is 1.19. The lowest BCUT2D eigenvalue weighted by molar-refractivity contribution is 0.954. The second-order valence-corrected chi connectivity index (χ2v) is 12.7. The van der Waals surface area contributed by atoms with Gasteiger partial charge in [0.05, 0.1) is 17.1 Å². The van der Waals surface area contributed by atoms with Crippen LogP contribution in [0.25, 0.3) is 36.5 Å². The van der Waals surface area contributed by atoms with Gasteiger partial charge in [0.2, 0.25) is 0 Å². The van der Waals surface area contributed by atoms with Gasteiger partial charge in [-0.05, 0) is 103 Å². The van der Waals surface area contributed by atoms with E-state index in [1.54, 1.807) is 0 Å². The molecule has 3 heterocycles. The van der Waals surface area contributed by atoms with E-state index < -0.39 is 0 Å². The zero-order valence-corrected chi connectivity index (χ0v) is 25.7. The minimum atomic E-state index is 0.948. The Morgan fingerprint density at radius 3 is 0.804 bits per heavy atom. The summed E-state index contributed by atoms with van der Waals surface area (Å²) in [6, 6.07) is 46.3. The molecule has 1 heteroatoms. The fourth-order valence-corrected chi connectivity index (χ4v) is 7.54. The van der Waals surface area contributed by atoms with E-state index in [1.807, 2.05) is 0 Å². The third kappa shape index (κ3) is 4.82. The lowest BCUT2D eigenvalue weighted by Crippen LogP contribution is -2.30. The van der Waals surface area contributed by atoms with Gasteiger partial charge in [-0.3, -0.25) is 0 Å². The Morgan fingerprint density at radius 2 is 0.543 bits per heavy atom. The lowest BCUT2D eigenvalue weighted by Gasteiger charge is -2.44. The molecule has 0 spiro atoms. The molecule has 0 N–H and O–H groups in total. The van der Waals surface area contributed by atoms with Gasteiger partial charge < -0.3 is 4.90 Å². The van der Waals surface area contributed by atoms with Crippen molar-refractivity contribution in [3.63, 3.8) is 0 Å². The number of nitrogens with zero attached hydrogens (tertiary/aromatic N) is 1. The molecular weight excluding hydrogens is 555 g/mol. The molecule has 46 heavy (non-hydrogen) atoms. The van der Waals surface area contributed by atoms with E-state index in [2.05, 4.69) is 169 Å². The fraction of sp³-hybridized carbons (Fsp3) is 0.0667. The molecule has 0 atom stereocenters. The standard InChI is InChI=1S/C45H33N/c1-4-10-31(11-5-1)16-19-34-22-37-28-39-24-35(20-17-32-12-6-2-7-13-32)26-41-30-42-27-36(21-18-33-14-8-3-9-15-33)25-40-29-38(23-34)43(37)46(44(39)41)45(40)42/h1-27H,28-30H2. The smallest absolute Gasteiger partial charge is 0.0533 e. The van der Waals surface area contributed by atoms with Crippen LogP contribution in [-0.2, 0) is 19.3 Å². The average Bonchev–Trinajstić information content (AvgIpc) is 3.10.